The quantitative estimate of drug-likeness (QED) is 0.0546. The Labute approximate surface area is 503 Å². The van der Waals surface area contributed by atoms with Crippen LogP contribution in [0.3, 0.4) is 0 Å². The monoisotopic (exact) mass is 1160 g/mol. The van der Waals surface area contributed by atoms with Gasteiger partial charge in [-0.3, -0.25) is 14.4 Å². The molecule has 0 spiro atoms. The number of nitrogens with one attached hydrogen (secondary N) is 8. The molecule has 0 bridgehead atoms. The van der Waals surface area contributed by atoms with Gasteiger partial charge in [-0.15, -0.1) is 0 Å². The molecule has 3 atom stereocenters. The summed E-state index contributed by atoms with van der Waals surface area (Å²) in [4.78, 5) is 61.1. The Balaban J connectivity index is 0.000000127. The van der Waals surface area contributed by atoms with Crippen LogP contribution >= 0.6 is 11.6 Å². The van der Waals surface area contributed by atoms with Gasteiger partial charge in [0.05, 0.1) is 33.2 Å². The fraction of sp³-hybridized carbons (Fsp3) is 0.143. The van der Waals surface area contributed by atoms with Crippen LogP contribution in [0, 0.1) is 0 Å². The van der Waals surface area contributed by atoms with Crippen LogP contribution in [-0.2, 0) is 19.3 Å². The molecule has 9 heterocycles. The van der Waals surface area contributed by atoms with Crippen LogP contribution < -0.4 is 32.3 Å². The highest BCUT2D eigenvalue weighted by molar-refractivity contribution is 6.30. The van der Waals surface area contributed by atoms with Gasteiger partial charge in [-0.05, 0) is 112 Å². The molecule has 430 valence electrons. The van der Waals surface area contributed by atoms with Gasteiger partial charge in [-0.1, -0.05) is 128 Å². The first kappa shape index (κ1) is 57.3. The van der Waals surface area contributed by atoms with E-state index in [2.05, 4.69) is 70.8 Å². The van der Waals surface area contributed by atoms with Gasteiger partial charge in [0, 0.05) is 121 Å². The van der Waals surface area contributed by atoms with Crippen molar-refractivity contribution < 1.29 is 14.4 Å². The number of rotatable bonds is 7. The number of amides is 3. The average molecular weight is 1160 g/mol. The molecule has 15 rings (SSSR count). The number of aromatic amines is 3. The number of para-hydroxylation sites is 6. The van der Waals surface area contributed by atoms with Crippen molar-refractivity contribution in [2.24, 2.45) is 0 Å². The summed E-state index contributed by atoms with van der Waals surface area (Å²) < 4.78 is 0. The van der Waals surface area contributed by atoms with Crippen molar-refractivity contribution in [1.29, 1.82) is 0 Å². The zero-order chi connectivity index (χ0) is 58.6. The van der Waals surface area contributed by atoms with Gasteiger partial charge in [0.25, 0.3) is 17.7 Å². The van der Waals surface area contributed by atoms with Crippen molar-refractivity contribution in [2.75, 3.05) is 16.4 Å². The van der Waals surface area contributed by atoms with Gasteiger partial charge < -0.3 is 47.3 Å². The molecule has 1 unspecified atom stereocenters. The van der Waals surface area contributed by atoms with E-state index in [-0.39, 0.29) is 43.3 Å². The Kier molecular flexibility index (Phi) is 16.8. The molecule has 0 radical (unpaired) electrons. The first-order valence-electron chi connectivity index (χ1n) is 28.2. The third-order valence-electron chi connectivity index (χ3n) is 15.0. The Hall–Kier alpha value is -10.5. The molecule has 0 saturated carbocycles. The summed E-state index contributed by atoms with van der Waals surface area (Å²) in [5.74, 6) is 1.51. The molecule has 10 N–H and O–H groups in total. The number of hydrogen-bond donors (Lipinski definition) is 9. The number of hydrogen-bond acceptors (Lipinski definition) is 9. The van der Waals surface area contributed by atoms with Crippen LogP contribution in [0.1, 0.15) is 76.4 Å². The van der Waals surface area contributed by atoms with Crippen molar-refractivity contribution in [2.45, 2.75) is 65.6 Å². The molecule has 0 aliphatic carbocycles. The largest absolute Gasteiger partial charge is 0.399 e. The van der Waals surface area contributed by atoms with Gasteiger partial charge in [0.15, 0.2) is 0 Å². The van der Waals surface area contributed by atoms with E-state index in [1.807, 2.05) is 191 Å². The Morgan fingerprint density at radius 3 is 1.09 bits per heavy atom. The molecular weight excluding hydrogens is 1090 g/mol. The lowest BCUT2D eigenvalue weighted by Crippen LogP contribution is -2.38. The molecular formula is C70H65ClN12O3. The number of anilines is 5. The van der Waals surface area contributed by atoms with E-state index in [9.17, 15) is 14.4 Å². The normalized spacial score (nSPS) is 15.5. The van der Waals surface area contributed by atoms with Crippen LogP contribution in [0.5, 0.6) is 0 Å². The highest BCUT2D eigenvalue weighted by Gasteiger charge is 2.27. The minimum absolute atomic E-state index is 0. The number of nitrogen functional groups attached to an aromatic ring is 1. The molecule has 0 fully saturated rings. The maximum Gasteiger partial charge on any atom is 0.253 e. The predicted octanol–water partition coefficient (Wildman–Crippen LogP) is 14.8. The average Bonchev–Trinajstić information content (AvgIpc) is 2.66. The van der Waals surface area contributed by atoms with Crippen LogP contribution in [0.25, 0.3) is 66.5 Å². The first-order valence-corrected chi connectivity index (χ1v) is 28.6. The van der Waals surface area contributed by atoms with E-state index in [1.165, 1.54) is 0 Å². The molecule has 16 heteroatoms. The van der Waals surface area contributed by atoms with E-state index in [4.69, 9.17) is 27.3 Å². The maximum atomic E-state index is 12.3. The number of fused-ring (bicyclic) bond motifs is 6. The van der Waals surface area contributed by atoms with Crippen molar-refractivity contribution in [3.8, 4) is 33.8 Å². The summed E-state index contributed by atoms with van der Waals surface area (Å²) in [6, 6.07) is 65.7. The van der Waals surface area contributed by atoms with Crippen molar-refractivity contribution in [3.63, 3.8) is 0 Å². The maximum absolute atomic E-state index is 12.3. The standard InChI is InChI=1S/2C23H20N4O.C17H14ClN3O.C6H7N.CH4/c2*1-14-12-19-18(23(28)24-14)13-20(26-19)17-9-5-6-15-10-11-21(27-22(15)17)25-16-7-3-2-4-8-16;1-9-7-13-12(17(22)19-9)8-14(20-13)11-4-2-3-10-5-6-15(18)21-16(10)11;7-6-4-2-1-3-5-6;/h2*2-11,13-14,26H,12H2,1H3,(H,24,28)(H,25,27);2-6,8-9,20H,7H2,1H3,(H,19,22);1-5H,7H2;1H4/t2*14-;;;/m10.../s1. The smallest absolute Gasteiger partial charge is 0.253 e. The number of carbonyl (C=O) groups excluding carboxylic acids is 3. The minimum Gasteiger partial charge on any atom is -0.399 e. The van der Waals surface area contributed by atoms with Gasteiger partial charge in [0.2, 0.25) is 0 Å². The second-order valence-electron chi connectivity index (χ2n) is 21.5. The van der Waals surface area contributed by atoms with Gasteiger partial charge in [-0.25, -0.2) is 15.0 Å². The lowest BCUT2D eigenvalue weighted by Gasteiger charge is -2.19. The Bertz CT molecular complexity index is 4240. The summed E-state index contributed by atoms with van der Waals surface area (Å²) in [5.41, 5.74) is 21.6. The predicted molar refractivity (Wildman–Crippen MR) is 349 cm³/mol. The third-order valence-corrected chi connectivity index (χ3v) is 15.2. The van der Waals surface area contributed by atoms with Crippen LogP contribution in [0.2, 0.25) is 5.15 Å². The van der Waals surface area contributed by atoms with Gasteiger partial charge in [-0.2, -0.15) is 0 Å². The van der Waals surface area contributed by atoms with E-state index in [0.29, 0.717) is 10.7 Å². The van der Waals surface area contributed by atoms with Crippen molar-refractivity contribution in [1.82, 2.24) is 45.9 Å². The van der Waals surface area contributed by atoms with E-state index in [1.54, 1.807) is 6.07 Å². The second kappa shape index (κ2) is 25.1. The second-order valence-corrected chi connectivity index (χ2v) is 21.9. The number of H-pyrrole nitrogens is 3. The molecule has 6 aromatic carbocycles. The molecule has 86 heavy (non-hydrogen) atoms. The topological polar surface area (TPSA) is 223 Å². The fourth-order valence-electron chi connectivity index (χ4n) is 11.0. The van der Waals surface area contributed by atoms with Crippen LogP contribution in [0.15, 0.2) is 200 Å². The SMILES string of the molecule is C.CC1Cc2[nH]c(-c3cccc4ccc(Cl)nc34)cc2C(=O)N1.C[C@@H]1Cc2[nH]c(-c3cccc4ccc(Nc5ccccc5)nc34)cc2C(=O)N1.C[C@H]1Cc2[nH]c(-c3cccc4ccc(Nc5ccccc5)nc34)cc2C(=O)N1.Nc1ccccc1. The summed E-state index contributed by atoms with van der Waals surface area (Å²) in [7, 11) is 0. The lowest BCUT2D eigenvalue weighted by atomic mass is 10.0. The lowest BCUT2D eigenvalue weighted by molar-refractivity contribution is 0.0920. The first-order chi connectivity index (χ1) is 41.3. The summed E-state index contributed by atoms with van der Waals surface area (Å²) in [5, 5.41) is 19.2. The van der Waals surface area contributed by atoms with Crippen molar-refractivity contribution in [3.05, 3.63) is 239 Å². The Morgan fingerprint density at radius 2 is 0.744 bits per heavy atom. The van der Waals surface area contributed by atoms with Crippen LogP contribution in [-0.4, -0.2) is 65.8 Å². The molecule has 3 amide bonds. The molecule has 12 aromatic rings. The molecule has 15 nitrogen and oxygen atoms in total. The minimum atomic E-state index is -0.0255. The number of nitrogens with zero attached hydrogens (tertiary/aromatic N) is 3. The highest BCUT2D eigenvalue weighted by atomic mass is 35.5. The van der Waals surface area contributed by atoms with Gasteiger partial charge >= 0.3 is 0 Å². The van der Waals surface area contributed by atoms with E-state index >= 15 is 0 Å². The number of benzene rings is 6. The highest BCUT2D eigenvalue weighted by Crippen LogP contribution is 2.35. The summed E-state index contributed by atoms with van der Waals surface area (Å²) in [6.45, 7) is 6.03. The van der Waals surface area contributed by atoms with E-state index < -0.39 is 0 Å². The zero-order valence-electron chi connectivity index (χ0n) is 46.9. The number of aromatic nitrogens is 6. The molecule has 3 aliphatic heterocycles. The number of halogens is 1. The molecule has 6 aromatic heterocycles. The fourth-order valence-corrected chi connectivity index (χ4v) is 11.1. The molecule has 0 saturated heterocycles. The number of nitrogens with two attached hydrogens (primary N) is 1. The zero-order valence-corrected chi connectivity index (χ0v) is 47.7. The Morgan fingerprint density at radius 1 is 0.407 bits per heavy atom. The number of pyridine rings is 3. The number of carbonyl (C=O) groups is 3. The van der Waals surface area contributed by atoms with Gasteiger partial charge in [0.1, 0.15) is 16.8 Å². The third kappa shape index (κ3) is 12.7. The van der Waals surface area contributed by atoms with Crippen molar-refractivity contribution >= 4 is 90.7 Å². The van der Waals surface area contributed by atoms with Crippen LogP contribution in [0.4, 0.5) is 28.7 Å². The summed E-state index contributed by atoms with van der Waals surface area (Å²) >= 11 is 6.04. The molecule has 3 aliphatic rings. The summed E-state index contributed by atoms with van der Waals surface area (Å²) in [6.07, 6.45) is 2.42. The van der Waals surface area contributed by atoms with E-state index in [0.717, 1.165) is 143 Å².